The van der Waals surface area contributed by atoms with Crippen LogP contribution in [0.4, 0.5) is 52.7 Å². The highest BCUT2D eigenvalue weighted by atomic mass is 32.1. The summed E-state index contributed by atoms with van der Waals surface area (Å²) < 4.78 is 237. The van der Waals surface area contributed by atoms with E-state index in [1.54, 1.807) is 170 Å². The number of hydrogen-bond donors (Lipinski definition) is 0. The van der Waals surface area contributed by atoms with Crippen molar-refractivity contribution in [3.8, 4) is 33.4 Å². The van der Waals surface area contributed by atoms with Gasteiger partial charge in [-0.1, -0.05) is 231 Å². The lowest BCUT2D eigenvalue weighted by Gasteiger charge is -2.29. The summed E-state index contributed by atoms with van der Waals surface area (Å²) in [4.78, 5) is 0.513. The Morgan fingerprint density at radius 2 is 0.500 bits per heavy atom. The smallest absolute Gasteiger partial charge is 0.309 e. The fraction of sp³-hybridized carbons (Fsp3) is 0.111. The van der Waals surface area contributed by atoms with Gasteiger partial charge in [-0.15, -0.1) is 45.3 Å². The molecule has 0 N–H and O–H groups in total. The maximum Gasteiger partial charge on any atom is 0.380 e. The highest BCUT2D eigenvalue weighted by Gasteiger charge is 2.82. The number of fused-ring (bicyclic) bond motifs is 6. The molecule has 0 aliphatic heterocycles. The first-order valence-corrected chi connectivity index (χ1v) is 41.6. The van der Waals surface area contributed by atoms with Crippen molar-refractivity contribution in [3.05, 3.63) is 309 Å². The lowest BCUT2D eigenvalue weighted by atomic mass is 9.88. The standard InChI is InChI=1S/C90H56F12O2P2S4/c1-49-75(65-31-17-19-37-71(65)107-49)81-83(87(95,96)89(99,100)85(81,91)92)77-51(3)109-73-47-53(39-41-67(73)77)59-33-21-35-63-61(59)43-45-69(105(103,55-23-9-5-10-24-55)56-25-11-6-12-26-56)79(63)80-64-36-22-34-60(62(64)44-46-70(80)106(104,57-27-13-7-14-28-57)58-29-15-8-16-30-58)54-40-42-68-74(48-54)110-52(4)78(68)84-82(86(93,94)90(101,102)88(84,97)98)76-50(2)108-72-38-20-18-32-66(72)76/h5-48H,1-4H3. The van der Waals surface area contributed by atoms with Crippen LogP contribution in [0.5, 0.6) is 0 Å². The molecule has 2 aliphatic rings. The van der Waals surface area contributed by atoms with E-state index in [0.29, 0.717) is 106 Å². The highest BCUT2D eigenvalue weighted by molar-refractivity contribution is 7.86. The summed E-state index contributed by atoms with van der Waals surface area (Å²) >= 11 is 4.06. The molecule has 2 aliphatic carbocycles. The van der Waals surface area contributed by atoms with Crippen LogP contribution in [-0.4, -0.2) is 35.5 Å². The third-order valence-electron chi connectivity index (χ3n) is 21.7. The van der Waals surface area contributed by atoms with E-state index >= 15 is 61.8 Å². The Kier molecular flexibility index (Phi) is 16.5. The molecule has 2 nitrogen and oxygen atoms in total. The molecular weight excluding hydrogens is 1530 g/mol. The van der Waals surface area contributed by atoms with Crippen molar-refractivity contribution >= 4 is 176 Å². The molecule has 546 valence electrons. The number of alkyl halides is 12. The zero-order valence-corrected chi connectivity index (χ0v) is 63.3. The first-order chi connectivity index (χ1) is 52.6. The largest absolute Gasteiger partial charge is 0.380 e. The molecule has 16 aromatic rings. The van der Waals surface area contributed by atoms with Crippen LogP contribution in [0, 0.1) is 27.7 Å². The van der Waals surface area contributed by atoms with E-state index in [9.17, 15) is 0 Å². The van der Waals surface area contributed by atoms with Crippen molar-refractivity contribution in [2.24, 2.45) is 0 Å². The maximum absolute atomic E-state index is 17.7. The predicted molar refractivity (Wildman–Crippen MR) is 433 cm³/mol. The minimum Gasteiger partial charge on any atom is -0.309 e. The molecule has 0 fully saturated rings. The van der Waals surface area contributed by atoms with Crippen LogP contribution in [0.1, 0.15) is 41.8 Å². The van der Waals surface area contributed by atoms with Crippen molar-refractivity contribution in [2.45, 2.75) is 63.2 Å². The summed E-state index contributed by atoms with van der Waals surface area (Å²) in [7, 11) is -8.32. The number of thiophene rings is 4. The van der Waals surface area contributed by atoms with E-state index in [-0.39, 0.29) is 52.2 Å². The maximum atomic E-state index is 17.7. The number of benzene rings is 12. The third kappa shape index (κ3) is 10.0. The van der Waals surface area contributed by atoms with Crippen LogP contribution in [-0.2, 0) is 9.13 Å². The summed E-state index contributed by atoms with van der Waals surface area (Å²) in [6.07, 6.45) is 0. The summed E-state index contributed by atoms with van der Waals surface area (Å²) in [5, 5.41) is 4.88. The van der Waals surface area contributed by atoms with Crippen LogP contribution < -0.4 is 31.8 Å². The van der Waals surface area contributed by atoms with Gasteiger partial charge in [0.1, 0.15) is 0 Å². The summed E-state index contributed by atoms with van der Waals surface area (Å²) in [6, 6.07) is 76.4. The second kappa shape index (κ2) is 25.3. The van der Waals surface area contributed by atoms with Gasteiger partial charge in [0, 0.05) is 147 Å². The predicted octanol–water partition coefficient (Wildman–Crippen LogP) is 26.0. The number of aryl methyl sites for hydroxylation is 4. The average Bonchev–Trinajstić information content (AvgIpc) is 1.49. The highest BCUT2D eigenvalue weighted by Crippen LogP contribution is 2.69. The third-order valence-corrected chi connectivity index (χ3v) is 32.2. The van der Waals surface area contributed by atoms with Crippen molar-refractivity contribution < 1.29 is 61.8 Å². The van der Waals surface area contributed by atoms with Gasteiger partial charge in [-0.2, -0.15) is 52.7 Å². The molecule has 0 saturated carbocycles. The second-order valence-corrected chi connectivity index (χ2v) is 38.3. The van der Waals surface area contributed by atoms with Crippen LogP contribution in [0.25, 0.3) is 118 Å². The lowest BCUT2D eigenvalue weighted by molar-refractivity contribution is -0.254. The average molecular weight is 1590 g/mol. The Balaban J connectivity index is 0.906. The quantitative estimate of drug-likeness (QED) is 0.0852. The van der Waals surface area contributed by atoms with Crippen LogP contribution in [0.2, 0.25) is 0 Å². The van der Waals surface area contributed by atoms with Gasteiger partial charge in [0.25, 0.3) is 0 Å². The lowest BCUT2D eigenvalue weighted by Crippen LogP contribution is -2.48. The summed E-state index contributed by atoms with van der Waals surface area (Å²) in [5.41, 5.74) is -4.50. The van der Waals surface area contributed by atoms with Crippen LogP contribution >= 0.6 is 59.6 Å². The molecule has 0 amide bonds. The molecule has 0 atom stereocenters. The van der Waals surface area contributed by atoms with Crippen molar-refractivity contribution in [1.82, 2.24) is 0 Å². The van der Waals surface area contributed by atoms with E-state index in [2.05, 4.69) is 0 Å². The van der Waals surface area contributed by atoms with E-state index < -0.39 is 83.2 Å². The molecule has 12 aromatic carbocycles. The first kappa shape index (κ1) is 71.7. The molecule has 20 heteroatoms. The van der Waals surface area contributed by atoms with Gasteiger partial charge >= 0.3 is 35.5 Å². The Morgan fingerprint density at radius 3 is 0.809 bits per heavy atom. The van der Waals surface area contributed by atoms with Gasteiger partial charge < -0.3 is 9.13 Å². The SMILES string of the molecule is Cc1sc2ccccc2c1C1=C(c2c(C)sc3cc(-c4cccc5c(-c6c(P(=O)(c7ccccc7)c7ccccc7)ccc7c(-c8ccc9c(C%10=C(c%11c(C)sc%12ccccc%11%12)C(F)(F)C(F)(F)C%10(F)F)c(C)sc9c8)cccc67)c(P(=O)(c6ccccc6)c6ccccc6)ccc45)ccc23)C(F)(F)C(F)(F)C1(F)F. The molecule has 0 radical (unpaired) electrons. The summed E-state index contributed by atoms with van der Waals surface area (Å²) in [6.45, 7) is 5.81. The van der Waals surface area contributed by atoms with E-state index in [1.807, 2.05) is 60.7 Å². The van der Waals surface area contributed by atoms with Gasteiger partial charge in [0.2, 0.25) is 0 Å². The minimum atomic E-state index is -5.82. The molecule has 4 aromatic heterocycles. The van der Waals surface area contributed by atoms with Crippen molar-refractivity contribution in [3.63, 3.8) is 0 Å². The monoisotopic (exact) mass is 1590 g/mol. The van der Waals surface area contributed by atoms with Gasteiger partial charge in [0.05, 0.1) is 0 Å². The minimum absolute atomic E-state index is 0.0424. The van der Waals surface area contributed by atoms with Crippen LogP contribution in [0.15, 0.2) is 267 Å². The van der Waals surface area contributed by atoms with E-state index in [1.165, 1.54) is 64.1 Å². The Labute approximate surface area is 638 Å². The Morgan fingerprint density at radius 1 is 0.245 bits per heavy atom. The Hall–Kier alpha value is -9.90. The van der Waals surface area contributed by atoms with Crippen molar-refractivity contribution in [1.29, 1.82) is 0 Å². The molecular formula is C90H56F12O2P2S4. The zero-order chi connectivity index (χ0) is 76.7. The number of rotatable bonds is 13. The van der Waals surface area contributed by atoms with Crippen molar-refractivity contribution in [2.75, 3.05) is 0 Å². The molecule has 0 bridgehead atoms. The summed E-state index contributed by atoms with van der Waals surface area (Å²) in [5.74, 6) is -32.9. The number of hydrogen-bond acceptors (Lipinski definition) is 6. The number of halogens is 12. The number of allylic oxidation sites excluding steroid dienone is 4. The molecule has 4 heterocycles. The normalized spacial score (nSPS) is 16.6. The van der Waals surface area contributed by atoms with Gasteiger partial charge in [-0.3, -0.25) is 0 Å². The molecule has 0 saturated heterocycles. The second-order valence-electron chi connectivity index (χ2n) is 27.8. The molecule has 110 heavy (non-hydrogen) atoms. The van der Waals surface area contributed by atoms with E-state index in [0.717, 1.165) is 45.3 Å². The first-order valence-electron chi connectivity index (χ1n) is 34.9. The van der Waals surface area contributed by atoms with Gasteiger partial charge in [-0.05, 0) is 108 Å². The molecule has 0 unspecified atom stereocenters. The van der Waals surface area contributed by atoms with Gasteiger partial charge in [0.15, 0.2) is 14.3 Å². The van der Waals surface area contributed by atoms with E-state index in [4.69, 9.17) is 0 Å². The topological polar surface area (TPSA) is 34.1 Å². The fourth-order valence-electron chi connectivity index (χ4n) is 16.8. The molecule has 18 rings (SSSR count). The fourth-order valence-corrected chi connectivity index (χ4v) is 26.9. The zero-order valence-electron chi connectivity index (χ0n) is 58.3. The van der Waals surface area contributed by atoms with Crippen LogP contribution in [0.3, 0.4) is 0 Å². The molecule has 0 spiro atoms. The van der Waals surface area contributed by atoms with Gasteiger partial charge in [-0.25, -0.2) is 0 Å². The Bertz CT molecular complexity index is 6240.